The van der Waals surface area contributed by atoms with Crippen molar-refractivity contribution in [1.29, 1.82) is 0 Å². The van der Waals surface area contributed by atoms with E-state index in [1.807, 2.05) is 60.9 Å². The van der Waals surface area contributed by atoms with Gasteiger partial charge in [0.05, 0.1) is 18.5 Å². The highest BCUT2D eigenvalue weighted by molar-refractivity contribution is 6.00. The second-order valence-electron chi connectivity index (χ2n) is 11.4. The Balaban J connectivity index is 1.52. The molecule has 0 spiro atoms. The van der Waals surface area contributed by atoms with Crippen LogP contribution in [0.4, 0.5) is 11.4 Å². The fourth-order valence-electron chi connectivity index (χ4n) is 5.04. The summed E-state index contributed by atoms with van der Waals surface area (Å²) in [4.78, 5) is 45.3. The van der Waals surface area contributed by atoms with Crippen LogP contribution in [0.1, 0.15) is 54.3 Å². The Labute approximate surface area is 231 Å². The molecule has 0 aliphatic carbocycles. The number of methoxy groups -OCH3 is 1. The van der Waals surface area contributed by atoms with Gasteiger partial charge in [-0.1, -0.05) is 26.8 Å². The number of carbonyl (C=O) groups is 3. The molecule has 0 aromatic heterocycles. The van der Waals surface area contributed by atoms with E-state index in [0.717, 1.165) is 25.2 Å². The van der Waals surface area contributed by atoms with Crippen LogP contribution in [0.25, 0.3) is 0 Å². The van der Waals surface area contributed by atoms with Gasteiger partial charge in [0, 0.05) is 63.4 Å². The van der Waals surface area contributed by atoms with Crippen LogP contribution in [-0.4, -0.2) is 87.0 Å². The van der Waals surface area contributed by atoms with Gasteiger partial charge in [-0.25, -0.2) is 0 Å². The Morgan fingerprint density at radius 3 is 2.26 bits per heavy atom. The first-order valence-corrected chi connectivity index (χ1v) is 13.8. The number of hydrogen-bond donors (Lipinski definition) is 2. The Hall–Kier alpha value is -3.59. The minimum atomic E-state index is -0.164. The Morgan fingerprint density at radius 2 is 1.56 bits per heavy atom. The molecule has 0 unspecified atom stereocenters. The van der Waals surface area contributed by atoms with E-state index in [0.29, 0.717) is 68.3 Å². The predicted octanol–water partition coefficient (Wildman–Crippen LogP) is 3.47. The standard InChI is InChI=1S/C30H41N5O4/c1-30(2,3)21-27(36)32-25-20-23(29(38)34-13-6-11-31-12-14-34)9-10-26(25)33-15-17-35(18-16-33)28(37)22-7-5-8-24(19-22)39-4/h5,7-10,19-20,31H,6,11-18,21H2,1-4H3,(H,32,36). The summed E-state index contributed by atoms with van der Waals surface area (Å²) < 4.78 is 5.27. The third kappa shape index (κ3) is 7.50. The molecule has 9 heteroatoms. The molecule has 0 atom stereocenters. The maximum Gasteiger partial charge on any atom is 0.254 e. The normalized spacial score (nSPS) is 16.5. The first-order valence-electron chi connectivity index (χ1n) is 13.8. The summed E-state index contributed by atoms with van der Waals surface area (Å²) >= 11 is 0. The highest BCUT2D eigenvalue weighted by atomic mass is 16.5. The molecule has 2 aromatic carbocycles. The number of amides is 3. The molecular weight excluding hydrogens is 494 g/mol. The second-order valence-corrected chi connectivity index (χ2v) is 11.4. The van der Waals surface area contributed by atoms with Gasteiger partial charge in [0.15, 0.2) is 0 Å². The summed E-state index contributed by atoms with van der Waals surface area (Å²) in [6.45, 7) is 11.5. The van der Waals surface area contributed by atoms with Crippen molar-refractivity contribution < 1.29 is 19.1 Å². The molecule has 2 aliphatic heterocycles. The molecule has 9 nitrogen and oxygen atoms in total. The van der Waals surface area contributed by atoms with Crippen LogP contribution < -0.4 is 20.3 Å². The van der Waals surface area contributed by atoms with Crippen molar-refractivity contribution in [2.24, 2.45) is 5.41 Å². The van der Waals surface area contributed by atoms with Gasteiger partial charge in [-0.2, -0.15) is 0 Å². The highest BCUT2D eigenvalue weighted by Gasteiger charge is 2.26. The Kier molecular flexibility index (Phi) is 9.12. The Bertz CT molecular complexity index is 1180. The van der Waals surface area contributed by atoms with Crippen LogP contribution in [0.2, 0.25) is 0 Å². The van der Waals surface area contributed by atoms with Crippen LogP contribution in [0.5, 0.6) is 5.75 Å². The zero-order valence-electron chi connectivity index (χ0n) is 23.6. The molecule has 210 valence electrons. The maximum atomic E-state index is 13.3. The van der Waals surface area contributed by atoms with Gasteiger partial charge in [0.2, 0.25) is 5.91 Å². The lowest BCUT2D eigenvalue weighted by Gasteiger charge is -2.37. The number of hydrogen-bond acceptors (Lipinski definition) is 6. The van der Waals surface area contributed by atoms with Gasteiger partial charge < -0.3 is 30.1 Å². The SMILES string of the molecule is COc1cccc(C(=O)N2CCN(c3ccc(C(=O)N4CCCNCC4)cc3NC(=O)CC(C)(C)C)CC2)c1. The quantitative estimate of drug-likeness (QED) is 0.589. The minimum Gasteiger partial charge on any atom is -0.497 e. The molecule has 2 heterocycles. The van der Waals surface area contributed by atoms with E-state index >= 15 is 0 Å². The van der Waals surface area contributed by atoms with E-state index in [1.54, 1.807) is 19.2 Å². The number of nitrogens with one attached hydrogen (secondary N) is 2. The van der Waals surface area contributed by atoms with E-state index < -0.39 is 0 Å². The maximum absolute atomic E-state index is 13.3. The number of nitrogens with zero attached hydrogens (tertiary/aromatic N) is 3. The minimum absolute atomic E-state index is 0.0229. The van der Waals surface area contributed by atoms with Gasteiger partial charge in [-0.3, -0.25) is 14.4 Å². The lowest BCUT2D eigenvalue weighted by atomic mass is 9.92. The third-order valence-corrected chi connectivity index (χ3v) is 7.06. The third-order valence-electron chi connectivity index (χ3n) is 7.06. The zero-order chi connectivity index (χ0) is 28.0. The van der Waals surface area contributed by atoms with E-state index in [4.69, 9.17) is 4.74 Å². The van der Waals surface area contributed by atoms with Gasteiger partial charge >= 0.3 is 0 Å². The lowest BCUT2D eigenvalue weighted by Crippen LogP contribution is -2.49. The predicted molar refractivity (Wildman–Crippen MR) is 154 cm³/mol. The number of benzene rings is 2. The molecule has 2 saturated heterocycles. The summed E-state index contributed by atoms with van der Waals surface area (Å²) in [6, 6.07) is 12.8. The van der Waals surface area contributed by atoms with Crippen LogP contribution >= 0.6 is 0 Å². The lowest BCUT2D eigenvalue weighted by molar-refractivity contribution is -0.117. The van der Waals surface area contributed by atoms with Crippen LogP contribution in [0.3, 0.4) is 0 Å². The molecule has 2 N–H and O–H groups in total. The van der Waals surface area contributed by atoms with Gasteiger partial charge in [0.25, 0.3) is 11.8 Å². The van der Waals surface area contributed by atoms with Crippen molar-refractivity contribution in [1.82, 2.24) is 15.1 Å². The monoisotopic (exact) mass is 535 g/mol. The topological polar surface area (TPSA) is 94.2 Å². The first-order chi connectivity index (χ1) is 18.6. The van der Waals surface area contributed by atoms with E-state index in [-0.39, 0.29) is 23.1 Å². The average molecular weight is 536 g/mol. The van der Waals surface area contributed by atoms with Crippen molar-refractivity contribution in [2.75, 3.05) is 69.7 Å². The van der Waals surface area contributed by atoms with Crippen molar-refractivity contribution in [3.8, 4) is 5.75 Å². The second kappa shape index (κ2) is 12.5. The Morgan fingerprint density at radius 1 is 0.872 bits per heavy atom. The summed E-state index contributed by atoms with van der Waals surface area (Å²) in [7, 11) is 1.59. The highest BCUT2D eigenvalue weighted by Crippen LogP contribution is 2.30. The van der Waals surface area contributed by atoms with Crippen LogP contribution in [-0.2, 0) is 4.79 Å². The smallest absolute Gasteiger partial charge is 0.254 e. The number of piperazine rings is 1. The number of anilines is 2. The molecule has 39 heavy (non-hydrogen) atoms. The van der Waals surface area contributed by atoms with Crippen molar-refractivity contribution >= 4 is 29.1 Å². The fourth-order valence-corrected chi connectivity index (χ4v) is 5.04. The fraction of sp³-hybridized carbons (Fsp3) is 0.500. The number of ether oxygens (including phenoxy) is 1. The molecule has 3 amide bonds. The summed E-state index contributed by atoms with van der Waals surface area (Å²) in [5.41, 5.74) is 2.50. The van der Waals surface area contributed by atoms with Crippen molar-refractivity contribution in [3.63, 3.8) is 0 Å². The molecular formula is C30H41N5O4. The molecule has 2 aliphatic rings. The van der Waals surface area contributed by atoms with Gasteiger partial charge in [-0.15, -0.1) is 0 Å². The number of rotatable bonds is 6. The number of carbonyl (C=O) groups excluding carboxylic acids is 3. The summed E-state index contributed by atoms with van der Waals surface area (Å²) in [5, 5.41) is 6.42. The molecule has 2 aromatic rings. The molecule has 4 rings (SSSR count). The summed E-state index contributed by atoms with van der Waals surface area (Å²) in [5.74, 6) is 0.519. The van der Waals surface area contributed by atoms with Crippen molar-refractivity contribution in [2.45, 2.75) is 33.6 Å². The van der Waals surface area contributed by atoms with Crippen LogP contribution in [0, 0.1) is 5.41 Å². The molecule has 0 radical (unpaired) electrons. The van der Waals surface area contributed by atoms with E-state index in [9.17, 15) is 14.4 Å². The average Bonchev–Trinajstić information content (AvgIpc) is 3.21. The largest absolute Gasteiger partial charge is 0.497 e. The van der Waals surface area contributed by atoms with Crippen molar-refractivity contribution in [3.05, 3.63) is 53.6 Å². The zero-order valence-corrected chi connectivity index (χ0v) is 23.6. The van der Waals surface area contributed by atoms with Crippen LogP contribution in [0.15, 0.2) is 42.5 Å². The van der Waals surface area contributed by atoms with E-state index in [1.165, 1.54) is 0 Å². The summed E-state index contributed by atoms with van der Waals surface area (Å²) in [6.07, 6.45) is 1.28. The molecule has 0 saturated carbocycles. The molecule has 2 fully saturated rings. The molecule has 0 bridgehead atoms. The van der Waals surface area contributed by atoms with Gasteiger partial charge in [-0.05, 0) is 54.8 Å². The van der Waals surface area contributed by atoms with E-state index in [2.05, 4.69) is 15.5 Å². The van der Waals surface area contributed by atoms with Gasteiger partial charge in [0.1, 0.15) is 5.75 Å². The first kappa shape index (κ1) is 28.4.